The summed E-state index contributed by atoms with van der Waals surface area (Å²) in [7, 11) is 1.38. The zero-order chi connectivity index (χ0) is 10.8. The van der Waals surface area contributed by atoms with Gasteiger partial charge in [-0.3, -0.25) is 0 Å². The first-order valence-corrected chi connectivity index (χ1v) is 4.82. The van der Waals surface area contributed by atoms with Gasteiger partial charge >= 0.3 is 5.97 Å². The number of benzene rings is 1. The number of ether oxygens (including phenoxy) is 2. The van der Waals surface area contributed by atoms with Crippen LogP contribution in [-0.4, -0.2) is 26.2 Å². The molecular weight excluding hydrogens is 194 g/mol. The summed E-state index contributed by atoms with van der Waals surface area (Å²) in [4.78, 5) is 11.4. The average molecular weight is 207 g/mol. The summed E-state index contributed by atoms with van der Waals surface area (Å²) in [5, 5.41) is 3.22. The maximum absolute atomic E-state index is 11.4. The molecule has 0 spiro atoms. The maximum Gasteiger partial charge on any atom is 0.338 e. The van der Waals surface area contributed by atoms with Gasteiger partial charge in [0.05, 0.1) is 18.4 Å². The molecule has 0 amide bonds. The van der Waals surface area contributed by atoms with Gasteiger partial charge in [-0.1, -0.05) is 0 Å². The van der Waals surface area contributed by atoms with Crippen LogP contribution in [0.5, 0.6) is 5.75 Å². The highest BCUT2D eigenvalue weighted by Gasteiger charge is 2.18. The Morgan fingerprint density at radius 1 is 1.53 bits per heavy atom. The molecule has 0 bridgehead atoms. The zero-order valence-corrected chi connectivity index (χ0v) is 8.79. The zero-order valence-electron chi connectivity index (χ0n) is 8.79. The third kappa shape index (κ3) is 1.63. The van der Waals surface area contributed by atoms with E-state index < -0.39 is 0 Å². The Morgan fingerprint density at radius 3 is 3.07 bits per heavy atom. The van der Waals surface area contributed by atoms with E-state index in [-0.39, 0.29) is 5.97 Å². The molecule has 1 N–H and O–H groups in total. The minimum Gasteiger partial charge on any atom is -0.490 e. The smallest absolute Gasteiger partial charge is 0.338 e. The Hall–Kier alpha value is -1.71. The number of anilines is 1. The number of nitrogens with one attached hydrogen (secondary N) is 1. The number of esters is 1. The quantitative estimate of drug-likeness (QED) is 0.710. The molecule has 0 unspecified atom stereocenters. The van der Waals surface area contributed by atoms with E-state index in [1.54, 1.807) is 12.1 Å². The normalized spacial score (nSPS) is 13.5. The number of fused-ring (bicyclic) bond motifs is 1. The fourth-order valence-corrected chi connectivity index (χ4v) is 1.69. The first-order valence-electron chi connectivity index (χ1n) is 4.82. The van der Waals surface area contributed by atoms with Crippen LogP contribution in [0.3, 0.4) is 0 Å². The Balaban J connectivity index is 2.47. The average Bonchev–Trinajstić information content (AvgIpc) is 2.29. The van der Waals surface area contributed by atoms with Gasteiger partial charge in [0.2, 0.25) is 0 Å². The van der Waals surface area contributed by atoms with Gasteiger partial charge in [0.15, 0.2) is 0 Å². The molecule has 4 nitrogen and oxygen atoms in total. The second kappa shape index (κ2) is 3.81. The van der Waals surface area contributed by atoms with Crippen LogP contribution >= 0.6 is 0 Å². The van der Waals surface area contributed by atoms with Crippen LogP contribution in [0.4, 0.5) is 5.69 Å². The standard InChI is InChI=1S/C11H13NO3/c1-7-8(11(13)14-2)3-4-9-10(7)12-5-6-15-9/h3-4,12H,5-6H2,1-2H3. The van der Waals surface area contributed by atoms with Gasteiger partial charge in [-0.25, -0.2) is 4.79 Å². The Kier molecular flexibility index (Phi) is 2.49. The van der Waals surface area contributed by atoms with Crippen molar-refractivity contribution in [3.63, 3.8) is 0 Å². The lowest BCUT2D eigenvalue weighted by Gasteiger charge is -2.21. The molecule has 0 saturated heterocycles. The van der Waals surface area contributed by atoms with Crippen molar-refractivity contribution >= 4 is 11.7 Å². The summed E-state index contributed by atoms with van der Waals surface area (Å²) in [6.45, 7) is 3.30. The Bertz CT molecular complexity index is 401. The van der Waals surface area contributed by atoms with Crippen LogP contribution in [-0.2, 0) is 4.74 Å². The van der Waals surface area contributed by atoms with Crippen LogP contribution in [0.1, 0.15) is 15.9 Å². The number of hydrogen-bond acceptors (Lipinski definition) is 4. The van der Waals surface area contributed by atoms with Gasteiger partial charge in [-0.2, -0.15) is 0 Å². The van der Waals surface area contributed by atoms with E-state index in [1.165, 1.54) is 7.11 Å². The predicted molar refractivity (Wildman–Crippen MR) is 56.5 cm³/mol. The highest BCUT2D eigenvalue weighted by atomic mass is 16.5. The molecular formula is C11H13NO3. The molecule has 0 atom stereocenters. The topological polar surface area (TPSA) is 47.6 Å². The van der Waals surface area contributed by atoms with Crippen molar-refractivity contribution in [1.82, 2.24) is 0 Å². The molecule has 0 radical (unpaired) electrons. The lowest BCUT2D eigenvalue weighted by atomic mass is 10.1. The van der Waals surface area contributed by atoms with E-state index in [9.17, 15) is 4.79 Å². The van der Waals surface area contributed by atoms with E-state index in [2.05, 4.69) is 5.32 Å². The largest absolute Gasteiger partial charge is 0.490 e. The molecule has 0 fully saturated rings. The third-order valence-electron chi connectivity index (χ3n) is 2.49. The lowest BCUT2D eigenvalue weighted by molar-refractivity contribution is 0.0600. The Morgan fingerprint density at radius 2 is 2.33 bits per heavy atom. The van der Waals surface area contributed by atoms with E-state index >= 15 is 0 Å². The highest BCUT2D eigenvalue weighted by molar-refractivity contribution is 5.93. The van der Waals surface area contributed by atoms with Crippen molar-refractivity contribution in [2.24, 2.45) is 0 Å². The minimum atomic E-state index is -0.317. The molecule has 0 aromatic heterocycles. The number of rotatable bonds is 1. The second-order valence-electron chi connectivity index (χ2n) is 3.38. The molecule has 1 aromatic carbocycles. The summed E-state index contributed by atoms with van der Waals surface area (Å²) in [5.74, 6) is 0.481. The van der Waals surface area contributed by atoms with Crippen molar-refractivity contribution in [2.45, 2.75) is 6.92 Å². The van der Waals surface area contributed by atoms with Crippen molar-refractivity contribution in [3.8, 4) is 5.75 Å². The summed E-state index contributed by atoms with van der Waals surface area (Å²) < 4.78 is 10.2. The van der Waals surface area contributed by atoms with Gasteiger partial charge in [-0.05, 0) is 24.6 Å². The lowest BCUT2D eigenvalue weighted by Crippen LogP contribution is -2.20. The molecule has 1 aromatic rings. The fourth-order valence-electron chi connectivity index (χ4n) is 1.69. The number of methoxy groups -OCH3 is 1. The minimum absolute atomic E-state index is 0.317. The summed E-state index contributed by atoms with van der Waals surface area (Å²) >= 11 is 0. The maximum atomic E-state index is 11.4. The van der Waals surface area contributed by atoms with Gasteiger partial charge in [0.1, 0.15) is 12.4 Å². The number of carbonyl (C=O) groups is 1. The molecule has 0 aliphatic carbocycles. The van der Waals surface area contributed by atoms with Crippen LogP contribution in [0.2, 0.25) is 0 Å². The monoisotopic (exact) mass is 207 g/mol. The summed E-state index contributed by atoms with van der Waals surface area (Å²) in [5.41, 5.74) is 2.34. The van der Waals surface area contributed by atoms with Crippen molar-refractivity contribution in [2.75, 3.05) is 25.6 Å². The molecule has 80 valence electrons. The van der Waals surface area contributed by atoms with Crippen molar-refractivity contribution in [3.05, 3.63) is 23.3 Å². The van der Waals surface area contributed by atoms with Crippen LogP contribution in [0.25, 0.3) is 0 Å². The van der Waals surface area contributed by atoms with E-state index in [0.29, 0.717) is 12.2 Å². The first kappa shape index (κ1) is 9.83. The molecule has 15 heavy (non-hydrogen) atoms. The van der Waals surface area contributed by atoms with Crippen molar-refractivity contribution < 1.29 is 14.3 Å². The van der Waals surface area contributed by atoms with Crippen LogP contribution in [0, 0.1) is 6.92 Å². The van der Waals surface area contributed by atoms with Gasteiger partial charge in [0.25, 0.3) is 0 Å². The molecule has 4 heteroatoms. The van der Waals surface area contributed by atoms with E-state index in [0.717, 1.165) is 23.5 Å². The second-order valence-corrected chi connectivity index (χ2v) is 3.38. The molecule has 2 rings (SSSR count). The summed E-state index contributed by atoms with van der Waals surface area (Å²) in [6.07, 6.45) is 0. The van der Waals surface area contributed by atoms with Crippen LogP contribution < -0.4 is 10.1 Å². The van der Waals surface area contributed by atoms with Crippen molar-refractivity contribution in [1.29, 1.82) is 0 Å². The molecule has 1 heterocycles. The summed E-state index contributed by atoms with van der Waals surface area (Å²) in [6, 6.07) is 3.52. The van der Waals surface area contributed by atoms with Crippen LogP contribution in [0.15, 0.2) is 12.1 Å². The fraction of sp³-hybridized carbons (Fsp3) is 0.364. The van der Waals surface area contributed by atoms with Gasteiger partial charge < -0.3 is 14.8 Å². The molecule has 1 aliphatic rings. The van der Waals surface area contributed by atoms with Gasteiger partial charge in [-0.15, -0.1) is 0 Å². The number of hydrogen-bond donors (Lipinski definition) is 1. The van der Waals surface area contributed by atoms with E-state index in [1.807, 2.05) is 6.92 Å². The predicted octanol–water partition coefficient (Wildman–Crippen LogP) is 1.59. The number of carbonyl (C=O) groups excluding carboxylic acids is 1. The van der Waals surface area contributed by atoms with E-state index in [4.69, 9.17) is 9.47 Å². The SMILES string of the molecule is COC(=O)c1ccc2c(c1C)NCCO2. The Labute approximate surface area is 88.2 Å². The highest BCUT2D eigenvalue weighted by Crippen LogP contribution is 2.32. The molecule has 1 aliphatic heterocycles. The molecule has 0 saturated carbocycles. The first-order chi connectivity index (χ1) is 7.24. The van der Waals surface area contributed by atoms with Gasteiger partial charge in [0, 0.05) is 6.54 Å². The third-order valence-corrected chi connectivity index (χ3v) is 2.49.